The van der Waals surface area contributed by atoms with Crippen molar-refractivity contribution in [2.45, 2.75) is 19.4 Å². The zero-order chi connectivity index (χ0) is 12.1. The summed E-state index contributed by atoms with van der Waals surface area (Å²) in [4.78, 5) is 12.3. The van der Waals surface area contributed by atoms with E-state index in [9.17, 15) is 4.79 Å². The van der Waals surface area contributed by atoms with Crippen LogP contribution in [0.3, 0.4) is 0 Å². The average Bonchev–Trinajstić information content (AvgIpc) is 2.20. The number of hydrogen-bond donors (Lipinski definition) is 2. The van der Waals surface area contributed by atoms with Gasteiger partial charge in [0, 0.05) is 6.04 Å². The Labute approximate surface area is 95.1 Å². The molecule has 4 heteroatoms. The number of phenols is 1. The van der Waals surface area contributed by atoms with Crippen molar-refractivity contribution < 1.29 is 15.0 Å². The molecule has 0 amide bonds. The second kappa shape index (κ2) is 5.51. The normalized spacial score (nSPS) is 12.7. The predicted molar refractivity (Wildman–Crippen MR) is 61.5 cm³/mol. The Bertz CT molecular complexity index is 348. The molecule has 2 N–H and O–H groups in total. The van der Waals surface area contributed by atoms with Crippen molar-refractivity contribution in [1.82, 2.24) is 4.90 Å². The van der Waals surface area contributed by atoms with Gasteiger partial charge in [-0.25, -0.2) is 0 Å². The van der Waals surface area contributed by atoms with E-state index in [4.69, 9.17) is 10.2 Å². The van der Waals surface area contributed by atoms with Gasteiger partial charge >= 0.3 is 5.97 Å². The first-order valence-corrected chi connectivity index (χ1v) is 5.19. The Morgan fingerprint density at radius 1 is 1.38 bits per heavy atom. The first-order valence-electron chi connectivity index (χ1n) is 5.19. The molecule has 0 heterocycles. The third-order valence-electron chi connectivity index (χ3n) is 2.60. The summed E-state index contributed by atoms with van der Waals surface area (Å²) in [5.41, 5.74) is 1.09. The zero-order valence-corrected chi connectivity index (χ0v) is 9.55. The van der Waals surface area contributed by atoms with Gasteiger partial charge in [-0.2, -0.15) is 0 Å². The third-order valence-corrected chi connectivity index (χ3v) is 2.60. The van der Waals surface area contributed by atoms with Crippen LogP contribution in [0.5, 0.6) is 5.75 Å². The Morgan fingerprint density at radius 2 is 1.94 bits per heavy atom. The number of carbonyl (C=O) groups is 1. The van der Waals surface area contributed by atoms with Crippen LogP contribution >= 0.6 is 0 Å². The van der Waals surface area contributed by atoms with Gasteiger partial charge in [-0.3, -0.25) is 9.69 Å². The quantitative estimate of drug-likeness (QED) is 0.790. The van der Waals surface area contributed by atoms with Crippen molar-refractivity contribution >= 4 is 5.97 Å². The fourth-order valence-electron chi connectivity index (χ4n) is 1.50. The minimum Gasteiger partial charge on any atom is -0.508 e. The molecule has 0 aliphatic heterocycles. The van der Waals surface area contributed by atoms with E-state index < -0.39 is 5.97 Å². The van der Waals surface area contributed by atoms with Crippen LogP contribution in [0, 0.1) is 0 Å². The van der Waals surface area contributed by atoms with Crippen LogP contribution in [0.25, 0.3) is 0 Å². The summed E-state index contributed by atoms with van der Waals surface area (Å²) in [7, 11) is 1.79. The predicted octanol–water partition coefficient (Wildman–Crippen LogP) is 1.34. The topological polar surface area (TPSA) is 60.8 Å². The van der Waals surface area contributed by atoms with E-state index in [0.717, 1.165) is 12.0 Å². The van der Waals surface area contributed by atoms with E-state index in [1.54, 1.807) is 24.1 Å². The van der Waals surface area contributed by atoms with E-state index in [1.807, 2.05) is 19.1 Å². The number of carboxylic acid groups (broad SMARTS) is 1. The summed E-state index contributed by atoms with van der Waals surface area (Å²) >= 11 is 0. The highest BCUT2D eigenvalue weighted by Gasteiger charge is 2.12. The SMILES string of the molecule is C[C@H](Cc1ccc(O)cc1)N(C)CC(=O)O. The van der Waals surface area contributed by atoms with Crippen molar-refractivity contribution in [3.63, 3.8) is 0 Å². The maximum atomic E-state index is 10.5. The second-order valence-corrected chi connectivity index (χ2v) is 4.03. The van der Waals surface area contributed by atoms with Gasteiger partial charge in [0.25, 0.3) is 0 Å². The molecule has 1 atom stereocenters. The molecular weight excluding hydrogens is 206 g/mol. The number of nitrogens with zero attached hydrogens (tertiary/aromatic N) is 1. The maximum Gasteiger partial charge on any atom is 0.317 e. The van der Waals surface area contributed by atoms with Crippen LogP contribution in [0.2, 0.25) is 0 Å². The lowest BCUT2D eigenvalue weighted by Crippen LogP contribution is -2.35. The fraction of sp³-hybridized carbons (Fsp3) is 0.417. The molecule has 4 nitrogen and oxygen atoms in total. The molecule has 0 aromatic heterocycles. The highest BCUT2D eigenvalue weighted by atomic mass is 16.4. The molecule has 0 saturated heterocycles. The third kappa shape index (κ3) is 3.90. The van der Waals surface area contributed by atoms with Crippen molar-refractivity contribution in [2.75, 3.05) is 13.6 Å². The van der Waals surface area contributed by atoms with Gasteiger partial charge in [-0.05, 0) is 38.1 Å². The number of hydrogen-bond acceptors (Lipinski definition) is 3. The molecule has 0 unspecified atom stereocenters. The van der Waals surface area contributed by atoms with Crippen LogP contribution in [-0.2, 0) is 11.2 Å². The highest BCUT2D eigenvalue weighted by molar-refractivity contribution is 5.69. The first kappa shape index (κ1) is 12.5. The Morgan fingerprint density at radius 3 is 2.44 bits per heavy atom. The summed E-state index contributed by atoms with van der Waals surface area (Å²) in [6.07, 6.45) is 0.768. The van der Waals surface area contributed by atoms with E-state index in [-0.39, 0.29) is 18.3 Å². The molecular formula is C12H17NO3. The van der Waals surface area contributed by atoms with Crippen molar-refractivity contribution in [2.24, 2.45) is 0 Å². The number of benzene rings is 1. The second-order valence-electron chi connectivity index (χ2n) is 4.03. The Kier molecular flexibility index (Phi) is 4.31. The summed E-state index contributed by atoms with van der Waals surface area (Å²) in [6, 6.07) is 7.12. The summed E-state index contributed by atoms with van der Waals surface area (Å²) < 4.78 is 0. The zero-order valence-electron chi connectivity index (χ0n) is 9.55. The number of carboxylic acids is 1. The number of rotatable bonds is 5. The number of aliphatic carboxylic acids is 1. The molecule has 88 valence electrons. The molecule has 0 aliphatic rings. The summed E-state index contributed by atoms with van der Waals surface area (Å²) in [5.74, 6) is -0.574. The van der Waals surface area contributed by atoms with Gasteiger partial charge in [-0.15, -0.1) is 0 Å². The molecule has 0 radical (unpaired) electrons. The van der Waals surface area contributed by atoms with Crippen molar-refractivity contribution in [3.8, 4) is 5.75 Å². The van der Waals surface area contributed by atoms with Crippen molar-refractivity contribution in [1.29, 1.82) is 0 Å². The number of likely N-dealkylation sites (N-methyl/N-ethyl adjacent to an activating group) is 1. The van der Waals surface area contributed by atoms with Gasteiger partial charge in [0.15, 0.2) is 0 Å². The lowest BCUT2D eigenvalue weighted by Gasteiger charge is -2.22. The standard InChI is InChI=1S/C12H17NO3/c1-9(13(2)8-12(15)16)7-10-3-5-11(14)6-4-10/h3-6,9,14H,7-8H2,1-2H3,(H,15,16)/t9-/m1/s1. The van der Waals surface area contributed by atoms with Crippen LogP contribution < -0.4 is 0 Å². The smallest absolute Gasteiger partial charge is 0.317 e. The van der Waals surface area contributed by atoms with E-state index in [2.05, 4.69) is 0 Å². The van der Waals surface area contributed by atoms with E-state index in [1.165, 1.54) is 0 Å². The van der Waals surface area contributed by atoms with Crippen LogP contribution in [-0.4, -0.2) is 40.7 Å². The highest BCUT2D eigenvalue weighted by Crippen LogP contribution is 2.12. The molecule has 0 fully saturated rings. The summed E-state index contributed by atoms with van der Waals surface area (Å²) in [5, 5.41) is 17.8. The molecule has 1 aromatic carbocycles. The van der Waals surface area contributed by atoms with Crippen LogP contribution in [0.1, 0.15) is 12.5 Å². The minimum absolute atomic E-state index is 0.0409. The average molecular weight is 223 g/mol. The molecule has 0 saturated carbocycles. The van der Waals surface area contributed by atoms with Crippen molar-refractivity contribution in [3.05, 3.63) is 29.8 Å². The molecule has 16 heavy (non-hydrogen) atoms. The Hall–Kier alpha value is -1.55. The van der Waals surface area contributed by atoms with Gasteiger partial charge in [0.05, 0.1) is 6.54 Å². The Balaban J connectivity index is 2.53. The van der Waals surface area contributed by atoms with Crippen LogP contribution in [0.15, 0.2) is 24.3 Å². The molecule has 0 bridgehead atoms. The maximum absolute atomic E-state index is 10.5. The molecule has 0 spiro atoms. The van der Waals surface area contributed by atoms with E-state index >= 15 is 0 Å². The largest absolute Gasteiger partial charge is 0.508 e. The molecule has 1 aromatic rings. The first-order chi connectivity index (χ1) is 7.49. The van der Waals surface area contributed by atoms with Gasteiger partial charge in [0.1, 0.15) is 5.75 Å². The van der Waals surface area contributed by atoms with Gasteiger partial charge in [-0.1, -0.05) is 12.1 Å². The van der Waals surface area contributed by atoms with E-state index in [0.29, 0.717) is 0 Å². The fourth-order valence-corrected chi connectivity index (χ4v) is 1.50. The minimum atomic E-state index is -0.819. The number of aromatic hydroxyl groups is 1. The lowest BCUT2D eigenvalue weighted by molar-refractivity contribution is -0.138. The van der Waals surface area contributed by atoms with Gasteiger partial charge < -0.3 is 10.2 Å². The van der Waals surface area contributed by atoms with Gasteiger partial charge in [0.2, 0.25) is 0 Å². The summed E-state index contributed by atoms with van der Waals surface area (Å²) in [6.45, 7) is 2.02. The lowest BCUT2D eigenvalue weighted by atomic mass is 10.1. The molecule has 0 aliphatic carbocycles. The monoisotopic (exact) mass is 223 g/mol. The van der Waals surface area contributed by atoms with Crippen LogP contribution in [0.4, 0.5) is 0 Å². The molecule has 1 rings (SSSR count). The number of phenolic OH excluding ortho intramolecular Hbond substituents is 1.